The zero-order valence-electron chi connectivity index (χ0n) is 12.8. The molecular weight excluding hydrogens is 431 g/mol. The van der Waals surface area contributed by atoms with E-state index in [1.54, 1.807) is 37.7 Å². The first-order valence-electron chi connectivity index (χ1n) is 6.61. The highest BCUT2D eigenvalue weighted by molar-refractivity contribution is 14.0. The van der Waals surface area contributed by atoms with Crippen molar-refractivity contribution in [2.45, 2.75) is 18.0 Å². The molecule has 2 rings (SSSR count). The molecule has 0 atom stereocenters. The molecule has 0 unspecified atom stereocenters. The lowest BCUT2D eigenvalue weighted by Gasteiger charge is -2.12. The quantitative estimate of drug-likeness (QED) is 0.408. The second kappa shape index (κ2) is 8.87. The molecule has 0 aromatic carbocycles. The minimum Gasteiger partial charge on any atom is -0.467 e. The first-order valence-corrected chi connectivity index (χ1v) is 8.50. The molecule has 0 aliphatic heterocycles. The number of hydrogen-bond acceptors (Lipinski definition) is 5. The molecule has 0 fully saturated rings. The van der Waals surface area contributed by atoms with Crippen LogP contribution in [0.1, 0.15) is 11.5 Å². The summed E-state index contributed by atoms with van der Waals surface area (Å²) in [5, 5.41) is 6.10. The predicted molar refractivity (Wildman–Crippen MR) is 98.5 cm³/mol. The predicted octanol–water partition coefficient (Wildman–Crippen LogP) is 1.56. The Kier molecular flexibility index (Phi) is 7.49. The first kappa shape index (κ1) is 19.4. The maximum atomic E-state index is 11.7. The van der Waals surface area contributed by atoms with Crippen molar-refractivity contribution in [2.24, 2.45) is 4.99 Å². The van der Waals surface area contributed by atoms with Crippen LogP contribution < -0.4 is 10.6 Å². The van der Waals surface area contributed by atoms with Gasteiger partial charge < -0.3 is 15.1 Å². The first-order chi connectivity index (χ1) is 10.5. The molecule has 126 valence electrons. The van der Waals surface area contributed by atoms with Crippen LogP contribution >= 0.6 is 24.0 Å². The molecule has 9 heteroatoms. The molecule has 0 spiro atoms. The van der Waals surface area contributed by atoms with Gasteiger partial charge in [0.2, 0.25) is 0 Å². The van der Waals surface area contributed by atoms with Crippen molar-refractivity contribution >= 4 is 39.8 Å². The molecule has 23 heavy (non-hydrogen) atoms. The highest BCUT2D eigenvalue weighted by Crippen LogP contribution is 2.12. The zero-order valence-corrected chi connectivity index (χ0v) is 16.0. The van der Waals surface area contributed by atoms with Gasteiger partial charge >= 0.3 is 0 Å². The normalized spacial score (nSPS) is 11.7. The smallest absolute Gasteiger partial charge is 0.191 e. The van der Waals surface area contributed by atoms with Crippen LogP contribution in [0, 0.1) is 0 Å². The van der Waals surface area contributed by atoms with Gasteiger partial charge in [0.1, 0.15) is 5.76 Å². The van der Waals surface area contributed by atoms with Crippen LogP contribution in [0.25, 0.3) is 0 Å². The highest BCUT2D eigenvalue weighted by atomic mass is 127. The molecule has 0 saturated carbocycles. The second-order valence-corrected chi connectivity index (χ2v) is 6.56. The Bertz CT molecular complexity index is 745. The van der Waals surface area contributed by atoms with E-state index < -0.39 is 9.84 Å². The maximum Gasteiger partial charge on any atom is 0.191 e. The molecule has 2 N–H and O–H groups in total. The molecule has 0 amide bonds. The van der Waals surface area contributed by atoms with E-state index in [1.165, 1.54) is 0 Å². The van der Waals surface area contributed by atoms with E-state index in [0.29, 0.717) is 18.2 Å². The molecule has 0 radical (unpaired) electrons. The molecule has 0 saturated heterocycles. The summed E-state index contributed by atoms with van der Waals surface area (Å²) in [7, 11) is -1.68. The topological polar surface area (TPSA) is 96.6 Å². The van der Waals surface area contributed by atoms with Crippen LogP contribution in [0.4, 0.5) is 0 Å². The molecule has 0 aliphatic rings. The second-order valence-electron chi connectivity index (χ2n) is 4.58. The number of nitrogens with zero attached hydrogens (tertiary/aromatic N) is 2. The van der Waals surface area contributed by atoms with Gasteiger partial charge in [0.05, 0.1) is 29.9 Å². The lowest BCUT2D eigenvalue weighted by atomic mass is 10.3. The Labute approximate surface area is 152 Å². The van der Waals surface area contributed by atoms with Crippen LogP contribution in [0.2, 0.25) is 0 Å². The summed E-state index contributed by atoms with van der Waals surface area (Å²) in [4.78, 5) is 8.40. The van der Waals surface area contributed by atoms with Gasteiger partial charge in [0.25, 0.3) is 0 Å². The van der Waals surface area contributed by atoms with Crippen molar-refractivity contribution in [3.8, 4) is 0 Å². The molecule has 0 aliphatic carbocycles. The van der Waals surface area contributed by atoms with Crippen molar-refractivity contribution in [1.82, 2.24) is 15.6 Å². The fraction of sp³-hybridized carbons (Fsp3) is 0.286. The molecular formula is C14H19IN4O3S. The van der Waals surface area contributed by atoms with Gasteiger partial charge in [0.15, 0.2) is 15.8 Å². The number of nitrogens with one attached hydrogen (secondary N) is 2. The minimum atomic E-state index is -3.31. The molecule has 0 bridgehead atoms. The van der Waals surface area contributed by atoms with Crippen LogP contribution in [-0.4, -0.2) is 32.7 Å². The highest BCUT2D eigenvalue weighted by Gasteiger charge is 2.14. The van der Waals surface area contributed by atoms with Crippen molar-refractivity contribution < 1.29 is 12.8 Å². The fourth-order valence-corrected chi connectivity index (χ4v) is 2.74. The Balaban J connectivity index is 0.00000264. The standard InChI is InChI=1S/C14H18N4O3S.HI/c1-15-14(17-9-11-5-4-8-21-11)18-10-12-13(22(2,19)20)6-3-7-16-12;/h3-8H,9-10H2,1-2H3,(H2,15,17,18);1H. The molecule has 2 aromatic heterocycles. The number of furan rings is 1. The number of guanidine groups is 1. The van der Waals surface area contributed by atoms with Gasteiger partial charge in [-0.15, -0.1) is 24.0 Å². The largest absolute Gasteiger partial charge is 0.467 e. The van der Waals surface area contributed by atoms with Crippen LogP contribution in [0.15, 0.2) is 51.0 Å². The summed E-state index contributed by atoms with van der Waals surface area (Å²) in [5.41, 5.74) is 0.450. The number of sulfone groups is 1. The third-order valence-corrected chi connectivity index (χ3v) is 4.08. The monoisotopic (exact) mass is 450 g/mol. The molecule has 2 aromatic rings. The third kappa shape index (κ3) is 5.82. The molecule has 7 nitrogen and oxygen atoms in total. The number of pyridine rings is 1. The fourth-order valence-electron chi connectivity index (χ4n) is 1.87. The SMILES string of the molecule is CN=C(NCc1ccco1)NCc1ncccc1S(C)(=O)=O.I. The van der Waals surface area contributed by atoms with Crippen LogP contribution in [0.3, 0.4) is 0 Å². The van der Waals surface area contributed by atoms with Crippen molar-refractivity contribution in [3.05, 3.63) is 48.2 Å². The summed E-state index contributed by atoms with van der Waals surface area (Å²) in [5.74, 6) is 1.30. The summed E-state index contributed by atoms with van der Waals surface area (Å²) < 4.78 is 28.7. The van der Waals surface area contributed by atoms with Gasteiger partial charge in [-0.2, -0.15) is 0 Å². The van der Waals surface area contributed by atoms with Crippen molar-refractivity contribution in [1.29, 1.82) is 0 Å². The zero-order chi connectivity index (χ0) is 16.0. The Morgan fingerprint density at radius 1 is 1.26 bits per heavy atom. The number of hydrogen-bond donors (Lipinski definition) is 2. The van der Waals surface area contributed by atoms with Gasteiger partial charge in [0, 0.05) is 19.5 Å². The summed E-state index contributed by atoms with van der Waals surface area (Å²) >= 11 is 0. The maximum absolute atomic E-state index is 11.7. The van der Waals surface area contributed by atoms with E-state index in [-0.39, 0.29) is 35.4 Å². The molecule has 2 heterocycles. The van der Waals surface area contributed by atoms with Gasteiger partial charge in [-0.3, -0.25) is 9.98 Å². The van der Waals surface area contributed by atoms with E-state index >= 15 is 0 Å². The number of halogens is 1. The van der Waals surface area contributed by atoms with E-state index in [9.17, 15) is 8.42 Å². The average molecular weight is 450 g/mol. The van der Waals surface area contributed by atoms with Crippen LogP contribution in [0.5, 0.6) is 0 Å². The van der Waals surface area contributed by atoms with Gasteiger partial charge in [-0.1, -0.05) is 0 Å². The van der Waals surface area contributed by atoms with E-state index in [0.717, 1.165) is 12.0 Å². The number of aliphatic imine (C=N–C) groups is 1. The van der Waals surface area contributed by atoms with E-state index in [4.69, 9.17) is 4.42 Å². The Morgan fingerprint density at radius 2 is 2.00 bits per heavy atom. The average Bonchev–Trinajstić information content (AvgIpc) is 3.00. The summed E-state index contributed by atoms with van der Waals surface area (Å²) in [6.07, 6.45) is 4.32. The lowest BCUT2D eigenvalue weighted by molar-refractivity contribution is 0.501. The summed E-state index contributed by atoms with van der Waals surface area (Å²) in [6.45, 7) is 0.731. The van der Waals surface area contributed by atoms with Crippen molar-refractivity contribution in [2.75, 3.05) is 13.3 Å². The number of aromatic nitrogens is 1. The van der Waals surface area contributed by atoms with Gasteiger partial charge in [-0.05, 0) is 24.3 Å². The minimum absolute atomic E-state index is 0. The summed E-state index contributed by atoms with van der Waals surface area (Å²) in [6, 6.07) is 6.79. The van der Waals surface area contributed by atoms with Crippen LogP contribution in [-0.2, 0) is 22.9 Å². The van der Waals surface area contributed by atoms with Crippen molar-refractivity contribution in [3.63, 3.8) is 0 Å². The van der Waals surface area contributed by atoms with E-state index in [1.807, 2.05) is 6.07 Å². The number of rotatable bonds is 5. The Hall–Kier alpha value is -1.62. The third-order valence-electron chi connectivity index (χ3n) is 2.90. The van der Waals surface area contributed by atoms with Gasteiger partial charge in [-0.25, -0.2) is 8.42 Å². The van der Waals surface area contributed by atoms with E-state index in [2.05, 4.69) is 20.6 Å². The lowest BCUT2D eigenvalue weighted by Crippen LogP contribution is -2.36. The Morgan fingerprint density at radius 3 is 2.61 bits per heavy atom.